The first-order valence-electron chi connectivity index (χ1n) is 9.12. The van der Waals surface area contributed by atoms with Gasteiger partial charge in [0, 0.05) is 5.56 Å². The Morgan fingerprint density at radius 1 is 0.966 bits per heavy atom. The van der Waals surface area contributed by atoms with E-state index in [-0.39, 0.29) is 5.56 Å². The molecule has 5 nitrogen and oxygen atoms in total. The van der Waals surface area contributed by atoms with Gasteiger partial charge in [0.25, 0.3) is 5.91 Å². The molecule has 1 N–H and O–H groups in total. The summed E-state index contributed by atoms with van der Waals surface area (Å²) in [4.78, 5) is 25.5. The summed E-state index contributed by atoms with van der Waals surface area (Å²) in [5.74, 6) is -1.41. The third kappa shape index (κ3) is 5.19. The van der Waals surface area contributed by atoms with Gasteiger partial charge in [-0.25, -0.2) is 9.18 Å². The third-order valence-electron chi connectivity index (χ3n) is 4.07. The molecule has 0 heterocycles. The van der Waals surface area contributed by atoms with Crippen LogP contribution in [-0.4, -0.2) is 18.5 Å². The van der Waals surface area contributed by atoms with Gasteiger partial charge in [-0.3, -0.25) is 4.79 Å². The number of halogens is 1. The van der Waals surface area contributed by atoms with Crippen molar-refractivity contribution in [1.29, 1.82) is 0 Å². The Morgan fingerprint density at radius 2 is 1.69 bits per heavy atom. The predicted octanol–water partition coefficient (Wildman–Crippen LogP) is 4.76. The Hall–Kier alpha value is -3.67. The molecule has 0 aliphatic rings. The zero-order chi connectivity index (χ0) is 20.6. The predicted molar refractivity (Wildman–Crippen MR) is 107 cm³/mol. The molecule has 0 spiro atoms. The third-order valence-corrected chi connectivity index (χ3v) is 4.07. The van der Waals surface area contributed by atoms with Crippen LogP contribution in [0.25, 0.3) is 0 Å². The van der Waals surface area contributed by atoms with Gasteiger partial charge in [0.15, 0.2) is 0 Å². The van der Waals surface area contributed by atoms with Crippen LogP contribution in [0.3, 0.4) is 0 Å². The van der Waals surface area contributed by atoms with Gasteiger partial charge in [-0.15, -0.1) is 0 Å². The van der Waals surface area contributed by atoms with Crippen molar-refractivity contribution in [3.63, 3.8) is 0 Å². The van der Waals surface area contributed by atoms with Crippen molar-refractivity contribution in [3.8, 4) is 5.75 Å². The van der Waals surface area contributed by atoms with Crippen molar-refractivity contribution in [2.24, 2.45) is 0 Å². The SMILES string of the molecule is CCOc1ccccc1NC(=O)[C@@H](OC(=O)c1cccc(F)c1)c1ccccc1. The van der Waals surface area contributed by atoms with Crippen LogP contribution in [0.4, 0.5) is 10.1 Å². The normalized spacial score (nSPS) is 11.4. The molecule has 0 aliphatic heterocycles. The molecule has 0 unspecified atom stereocenters. The lowest BCUT2D eigenvalue weighted by Gasteiger charge is -2.19. The summed E-state index contributed by atoms with van der Waals surface area (Å²) in [6.45, 7) is 2.27. The van der Waals surface area contributed by atoms with Gasteiger partial charge in [0.1, 0.15) is 11.6 Å². The van der Waals surface area contributed by atoms with Crippen LogP contribution in [0.1, 0.15) is 28.9 Å². The molecule has 0 aliphatic carbocycles. The highest BCUT2D eigenvalue weighted by Gasteiger charge is 2.26. The van der Waals surface area contributed by atoms with Gasteiger partial charge in [0.05, 0.1) is 17.9 Å². The number of hydrogen-bond acceptors (Lipinski definition) is 4. The van der Waals surface area contributed by atoms with Crippen molar-refractivity contribution in [1.82, 2.24) is 0 Å². The standard InChI is InChI=1S/C23H20FNO4/c1-2-28-20-14-7-6-13-19(20)25-22(26)21(16-9-4-3-5-10-16)29-23(27)17-11-8-12-18(24)15-17/h3-15,21H,2H2,1H3,(H,25,26)/t21-/m0/s1. The maximum Gasteiger partial charge on any atom is 0.339 e. The van der Waals surface area contributed by atoms with E-state index in [4.69, 9.17) is 9.47 Å². The first-order valence-corrected chi connectivity index (χ1v) is 9.12. The monoisotopic (exact) mass is 393 g/mol. The molecular weight excluding hydrogens is 373 g/mol. The molecule has 3 rings (SSSR count). The summed E-state index contributed by atoms with van der Waals surface area (Å²) in [7, 11) is 0. The molecular formula is C23H20FNO4. The fourth-order valence-corrected chi connectivity index (χ4v) is 2.74. The van der Waals surface area contributed by atoms with Gasteiger partial charge in [-0.2, -0.15) is 0 Å². The van der Waals surface area contributed by atoms with E-state index in [1.165, 1.54) is 18.2 Å². The van der Waals surface area contributed by atoms with Crippen LogP contribution >= 0.6 is 0 Å². The second-order valence-corrected chi connectivity index (χ2v) is 6.12. The Morgan fingerprint density at radius 3 is 2.41 bits per heavy atom. The number of carbonyl (C=O) groups excluding carboxylic acids is 2. The molecule has 0 bridgehead atoms. The molecule has 0 saturated carbocycles. The molecule has 0 radical (unpaired) electrons. The van der Waals surface area contributed by atoms with E-state index >= 15 is 0 Å². The van der Waals surface area contributed by atoms with E-state index in [2.05, 4.69) is 5.32 Å². The summed E-state index contributed by atoms with van der Waals surface area (Å²) >= 11 is 0. The molecule has 0 saturated heterocycles. The van der Waals surface area contributed by atoms with E-state index in [1.807, 2.05) is 6.92 Å². The number of amides is 1. The van der Waals surface area contributed by atoms with Crippen molar-refractivity contribution >= 4 is 17.6 Å². The van der Waals surface area contributed by atoms with Crippen LogP contribution in [0.2, 0.25) is 0 Å². The maximum absolute atomic E-state index is 13.4. The number of ether oxygens (including phenoxy) is 2. The number of nitrogens with one attached hydrogen (secondary N) is 1. The van der Waals surface area contributed by atoms with Crippen LogP contribution in [0, 0.1) is 5.82 Å². The number of para-hydroxylation sites is 2. The van der Waals surface area contributed by atoms with Crippen LogP contribution < -0.4 is 10.1 Å². The Kier molecular flexibility index (Phi) is 6.58. The van der Waals surface area contributed by atoms with Gasteiger partial charge in [0.2, 0.25) is 6.10 Å². The van der Waals surface area contributed by atoms with Crippen molar-refractivity contribution < 1.29 is 23.5 Å². The quantitative estimate of drug-likeness (QED) is 0.588. The second-order valence-electron chi connectivity index (χ2n) is 6.12. The average molecular weight is 393 g/mol. The van der Waals surface area contributed by atoms with Crippen molar-refractivity contribution in [2.75, 3.05) is 11.9 Å². The van der Waals surface area contributed by atoms with Crippen LogP contribution in [0.15, 0.2) is 78.9 Å². The highest BCUT2D eigenvalue weighted by atomic mass is 19.1. The fourth-order valence-electron chi connectivity index (χ4n) is 2.74. The lowest BCUT2D eigenvalue weighted by molar-refractivity contribution is -0.125. The molecule has 148 valence electrons. The van der Waals surface area contributed by atoms with Gasteiger partial charge in [-0.1, -0.05) is 48.5 Å². The minimum absolute atomic E-state index is 0.0217. The van der Waals surface area contributed by atoms with Crippen LogP contribution in [0.5, 0.6) is 5.75 Å². The summed E-state index contributed by atoms with van der Waals surface area (Å²) in [5, 5.41) is 2.75. The highest BCUT2D eigenvalue weighted by Crippen LogP contribution is 2.27. The van der Waals surface area contributed by atoms with Crippen molar-refractivity contribution in [2.45, 2.75) is 13.0 Å². The molecule has 29 heavy (non-hydrogen) atoms. The zero-order valence-electron chi connectivity index (χ0n) is 15.8. The number of esters is 1. The molecule has 3 aromatic rings. The van der Waals surface area contributed by atoms with Gasteiger partial charge >= 0.3 is 5.97 Å². The first kappa shape index (κ1) is 20.1. The minimum atomic E-state index is -1.22. The molecule has 0 fully saturated rings. The van der Waals surface area contributed by atoms with Crippen molar-refractivity contribution in [3.05, 3.63) is 95.8 Å². The van der Waals surface area contributed by atoms with E-state index in [1.54, 1.807) is 54.6 Å². The number of benzene rings is 3. The summed E-state index contributed by atoms with van der Waals surface area (Å²) in [6.07, 6.45) is -1.22. The number of rotatable bonds is 7. The van der Waals surface area contributed by atoms with Gasteiger partial charge < -0.3 is 14.8 Å². The van der Waals surface area contributed by atoms with E-state index < -0.39 is 23.8 Å². The zero-order valence-corrected chi connectivity index (χ0v) is 15.8. The van der Waals surface area contributed by atoms with E-state index in [0.29, 0.717) is 23.6 Å². The number of carbonyl (C=O) groups is 2. The first-order chi connectivity index (χ1) is 14.1. The molecule has 0 aromatic heterocycles. The molecule has 1 amide bonds. The summed E-state index contributed by atoms with van der Waals surface area (Å²) in [6, 6.07) is 20.7. The summed E-state index contributed by atoms with van der Waals surface area (Å²) < 4.78 is 24.4. The average Bonchev–Trinajstić information content (AvgIpc) is 2.74. The second kappa shape index (κ2) is 9.50. The number of hydrogen-bond donors (Lipinski definition) is 1. The van der Waals surface area contributed by atoms with Gasteiger partial charge in [-0.05, 0) is 37.3 Å². The largest absolute Gasteiger partial charge is 0.492 e. The maximum atomic E-state index is 13.4. The lowest BCUT2D eigenvalue weighted by Crippen LogP contribution is -2.26. The Labute approximate surface area is 168 Å². The lowest BCUT2D eigenvalue weighted by atomic mass is 10.1. The molecule has 6 heteroatoms. The smallest absolute Gasteiger partial charge is 0.339 e. The minimum Gasteiger partial charge on any atom is -0.492 e. The number of anilines is 1. The molecule has 1 atom stereocenters. The molecule has 3 aromatic carbocycles. The fraction of sp³-hybridized carbons (Fsp3) is 0.130. The Balaban J connectivity index is 1.86. The topological polar surface area (TPSA) is 64.6 Å². The van der Waals surface area contributed by atoms with E-state index in [0.717, 1.165) is 6.07 Å². The Bertz CT molecular complexity index is 991. The summed E-state index contributed by atoms with van der Waals surface area (Å²) in [5.41, 5.74) is 0.971. The van der Waals surface area contributed by atoms with Crippen LogP contribution in [-0.2, 0) is 9.53 Å². The highest BCUT2D eigenvalue weighted by molar-refractivity contribution is 5.99. The van der Waals surface area contributed by atoms with E-state index in [9.17, 15) is 14.0 Å².